The Morgan fingerprint density at radius 1 is 1.21 bits per heavy atom. The molecule has 1 N–H and O–H groups in total. The zero-order valence-corrected chi connectivity index (χ0v) is 13.0. The first kappa shape index (κ1) is 17.7. The van der Waals surface area contributed by atoms with Gasteiger partial charge in [-0.2, -0.15) is 18.4 Å². The average molecular weight is 335 g/mol. The van der Waals surface area contributed by atoms with Gasteiger partial charge in [0.2, 0.25) is 0 Å². The van der Waals surface area contributed by atoms with Crippen LogP contribution in [-0.4, -0.2) is 5.11 Å². The first-order valence-corrected chi connectivity index (χ1v) is 7.42. The van der Waals surface area contributed by atoms with E-state index in [0.717, 1.165) is 18.6 Å². The number of halogens is 3. The van der Waals surface area contributed by atoms with Gasteiger partial charge < -0.3 is 9.84 Å². The lowest BCUT2D eigenvalue weighted by molar-refractivity contribution is -0.137. The van der Waals surface area contributed by atoms with Crippen molar-refractivity contribution in [3.8, 4) is 17.6 Å². The molecule has 0 aliphatic rings. The van der Waals surface area contributed by atoms with E-state index in [2.05, 4.69) is 0 Å². The molecular formula is C18H16F3NO2. The molecule has 0 aliphatic carbocycles. The predicted octanol–water partition coefficient (Wildman–Crippen LogP) is 5.20. The lowest BCUT2D eigenvalue weighted by Crippen LogP contribution is -2.11. The summed E-state index contributed by atoms with van der Waals surface area (Å²) in [6.07, 6.45) is -3.79. The summed E-state index contributed by atoms with van der Waals surface area (Å²) >= 11 is 0. The summed E-state index contributed by atoms with van der Waals surface area (Å²) in [5.74, 6) is 0.0936. The molecule has 2 rings (SSSR count). The summed E-state index contributed by atoms with van der Waals surface area (Å²) in [5.41, 5.74) is -0.789. The zero-order chi connectivity index (χ0) is 17.7. The van der Waals surface area contributed by atoms with E-state index in [9.17, 15) is 18.3 Å². The molecule has 2 aromatic carbocycles. The molecule has 0 aliphatic heterocycles. The molecule has 0 saturated carbocycles. The summed E-state index contributed by atoms with van der Waals surface area (Å²) in [4.78, 5) is 0. The third-order valence-electron chi connectivity index (χ3n) is 3.49. The molecular weight excluding hydrogens is 319 g/mol. The normalized spacial score (nSPS) is 12.5. The summed E-state index contributed by atoms with van der Waals surface area (Å²) in [7, 11) is 0. The second-order valence-corrected chi connectivity index (χ2v) is 5.31. The van der Waals surface area contributed by atoms with Crippen LogP contribution in [0.3, 0.4) is 0 Å². The van der Waals surface area contributed by atoms with Crippen LogP contribution in [0.5, 0.6) is 11.5 Å². The molecule has 3 nitrogen and oxygen atoms in total. The number of aromatic hydroxyl groups is 1. The third kappa shape index (κ3) is 4.19. The number of hydrogen-bond donors (Lipinski definition) is 1. The number of hydrogen-bond acceptors (Lipinski definition) is 3. The maximum absolute atomic E-state index is 13.0. The van der Waals surface area contributed by atoms with Gasteiger partial charge in [-0.05, 0) is 42.3 Å². The lowest BCUT2D eigenvalue weighted by atomic mass is 10.0. The van der Waals surface area contributed by atoms with Gasteiger partial charge in [0.1, 0.15) is 17.6 Å². The molecule has 126 valence electrons. The van der Waals surface area contributed by atoms with E-state index in [1.807, 2.05) is 6.92 Å². The number of nitrogens with zero attached hydrogens (tertiary/aromatic N) is 1. The fourth-order valence-electron chi connectivity index (χ4n) is 2.37. The van der Waals surface area contributed by atoms with Crippen LogP contribution in [0, 0.1) is 11.3 Å². The molecule has 0 amide bonds. The van der Waals surface area contributed by atoms with Gasteiger partial charge in [-0.1, -0.05) is 25.5 Å². The number of rotatable bonds is 5. The molecule has 2 aromatic rings. The van der Waals surface area contributed by atoms with Crippen molar-refractivity contribution in [1.82, 2.24) is 0 Å². The number of phenols is 1. The molecule has 0 saturated heterocycles. The lowest BCUT2D eigenvalue weighted by Gasteiger charge is -2.20. The Kier molecular flexibility index (Phi) is 5.35. The highest BCUT2D eigenvalue weighted by Crippen LogP contribution is 2.36. The van der Waals surface area contributed by atoms with Crippen LogP contribution in [0.4, 0.5) is 13.2 Å². The van der Waals surface area contributed by atoms with E-state index in [-0.39, 0.29) is 11.5 Å². The quantitative estimate of drug-likeness (QED) is 0.817. The smallest absolute Gasteiger partial charge is 0.417 e. The van der Waals surface area contributed by atoms with E-state index in [1.165, 1.54) is 24.3 Å². The first-order valence-electron chi connectivity index (χ1n) is 7.42. The third-order valence-corrected chi connectivity index (χ3v) is 3.49. The van der Waals surface area contributed by atoms with Crippen molar-refractivity contribution in [2.75, 3.05) is 0 Å². The second-order valence-electron chi connectivity index (χ2n) is 5.31. The van der Waals surface area contributed by atoms with Crippen LogP contribution in [0.2, 0.25) is 0 Å². The molecule has 1 unspecified atom stereocenters. The van der Waals surface area contributed by atoms with E-state index >= 15 is 0 Å². The number of alkyl halides is 3. The minimum atomic E-state index is -4.63. The Hall–Kier alpha value is -2.68. The topological polar surface area (TPSA) is 53.2 Å². The SMILES string of the molecule is CCCC(Oc1ccc(C#N)c(C(F)(F)F)c1)c1cccc(O)c1. The molecule has 0 aromatic heterocycles. The Bertz CT molecular complexity index is 751. The van der Waals surface area contributed by atoms with Crippen LogP contribution >= 0.6 is 0 Å². The zero-order valence-electron chi connectivity index (χ0n) is 13.0. The highest BCUT2D eigenvalue weighted by molar-refractivity contribution is 5.44. The van der Waals surface area contributed by atoms with Crippen molar-refractivity contribution >= 4 is 0 Å². The largest absolute Gasteiger partial charge is 0.508 e. The van der Waals surface area contributed by atoms with Crippen molar-refractivity contribution in [2.24, 2.45) is 0 Å². The Morgan fingerprint density at radius 2 is 1.96 bits per heavy atom. The maximum Gasteiger partial charge on any atom is 0.417 e. The van der Waals surface area contributed by atoms with Crippen LogP contribution < -0.4 is 4.74 Å². The van der Waals surface area contributed by atoms with Gasteiger partial charge in [-0.15, -0.1) is 0 Å². The summed E-state index contributed by atoms with van der Waals surface area (Å²) in [5, 5.41) is 18.4. The van der Waals surface area contributed by atoms with Gasteiger partial charge in [0, 0.05) is 0 Å². The monoisotopic (exact) mass is 335 g/mol. The molecule has 0 bridgehead atoms. The van der Waals surface area contributed by atoms with Crippen molar-refractivity contribution in [1.29, 1.82) is 5.26 Å². The highest BCUT2D eigenvalue weighted by Gasteiger charge is 2.34. The van der Waals surface area contributed by atoms with Gasteiger partial charge in [-0.25, -0.2) is 0 Å². The minimum absolute atomic E-state index is 0.0307. The maximum atomic E-state index is 13.0. The Balaban J connectivity index is 2.35. The van der Waals surface area contributed by atoms with Gasteiger partial charge >= 0.3 is 6.18 Å². The molecule has 0 spiro atoms. The fraction of sp³-hybridized carbons (Fsp3) is 0.278. The Morgan fingerprint density at radius 3 is 2.54 bits per heavy atom. The predicted molar refractivity (Wildman–Crippen MR) is 82.5 cm³/mol. The molecule has 0 heterocycles. The molecule has 6 heteroatoms. The van der Waals surface area contributed by atoms with Crippen LogP contribution in [0.1, 0.15) is 42.6 Å². The highest BCUT2D eigenvalue weighted by atomic mass is 19.4. The molecule has 1 atom stereocenters. The number of benzene rings is 2. The van der Waals surface area contributed by atoms with Gasteiger partial charge in [-0.3, -0.25) is 0 Å². The molecule has 0 fully saturated rings. The summed E-state index contributed by atoms with van der Waals surface area (Å²) < 4.78 is 44.8. The van der Waals surface area contributed by atoms with E-state index in [1.54, 1.807) is 12.1 Å². The van der Waals surface area contributed by atoms with E-state index in [4.69, 9.17) is 10.00 Å². The second kappa shape index (κ2) is 7.26. The molecule has 24 heavy (non-hydrogen) atoms. The van der Waals surface area contributed by atoms with Gasteiger partial charge in [0.15, 0.2) is 0 Å². The number of nitriles is 1. The fourth-order valence-corrected chi connectivity index (χ4v) is 2.37. The van der Waals surface area contributed by atoms with Gasteiger partial charge in [0.25, 0.3) is 0 Å². The molecule has 0 radical (unpaired) electrons. The van der Waals surface area contributed by atoms with Crippen molar-refractivity contribution in [3.63, 3.8) is 0 Å². The average Bonchev–Trinajstić information content (AvgIpc) is 2.53. The van der Waals surface area contributed by atoms with Crippen molar-refractivity contribution in [3.05, 3.63) is 59.2 Å². The van der Waals surface area contributed by atoms with E-state index in [0.29, 0.717) is 12.0 Å². The first-order chi connectivity index (χ1) is 11.3. The Labute approximate surface area is 137 Å². The van der Waals surface area contributed by atoms with Crippen LogP contribution in [0.15, 0.2) is 42.5 Å². The summed E-state index contributed by atoms with van der Waals surface area (Å²) in [6, 6.07) is 11.2. The number of phenolic OH excluding ortho intramolecular Hbond substituents is 1. The van der Waals surface area contributed by atoms with E-state index < -0.39 is 23.4 Å². The van der Waals surface area contributed by atoms with Crippen molar-refractivity contribution in [2.45, 2.75) is 32.0 Å². The van der Waals surface area contributed by atoms with Crippen molar-refractivity contribution < 1.29 is 23.0 Å². The van der Waals surface area contributed by atoms with Crippen LogP contribution in [-0.2, 0) is 6.18 Å². The van der Waals surface area contributed by atoms with Gasteiger partial charge in [0.05, 0.1) is 17.2 Å². The number of ether oxygens (including phenoxy) is 1. The van der Waals surface area contributed by atoms with Crippen LogP contribution in [0.25, 0.3) is 0 Å². The minimum Gasteiger partial charge on any atom is -0.508 e. The standard InChI is InChI=1S/C18H16F3NO2/c1-2-4-17(12-5-3-6-14(23)9-12)24-15-8-7-13(11-22)16(10-15)18(19,20)21/h3,5-10,17,23H,2,4H2,1H3. The summed E-state index contributed by atoms with van der Waals surface area (Å²) in [6.45, 7) is 1.93.